The van der Waals surface area contributed by atoms with Crippen LogP contribution in [0, 0.1) is 0 Å². The van der Waals surface area contributed by atoms with Crippen LogP contribution in [0.4, 0.5) is 22.5 Å². The third-order valence-electron chi connectivity index (χ3n) is 4.04. The molecule has 0 unspecified atom stereocenters. The Hall–Kier alpha value is -2.41. The van der Waals surface area contributed by atoms with Crippen LogP contribution < -0.4 is 16.0 Å². The van der Waals surface area contributed by atoms with Crippen LogP contribution in [0.2, 0.25) is 0 Å². The molecule has 0 atom stereocenters. The number of thiazole rings is 1. The summed E-state index contributed by atoms with van der Waals surface area (Å²) in [7, 11) is 0. The number of nitrogens with zero attached hydrogens (tertiary/aromatic N) is 4. The minimum atomic E-state index is 0.591. The topological polar surface area (TPSA) is 80.0 Å². The molecule has 23 heavy (non-hydrogen) atoms. The van der Waals surface area contributed by atoms with Crippen molar-refractivity contribution in [2.75, 3.05) is 29.0 Å². The Bertz CT molecular complexity index is 791. The van der Waals surface area contributed by atoms with Gasteiger partial charge in [-0.05, 0) is 31.4 Å². The average Bonchev–Trinajstić information content (AvgIpc) is 3.00. The number of nitrogen functional groups attached to an aromatic ring is 1. The minimum Gasteiger partial charge on any atom is -0.393 e. The molecule has 1 fully saturated rings. The van der Waals surface area contributed by atoms with E-state index in [-0.39, 0.29) is 0 Å². The Morgan fingerprint density at radius 1 is 1.09 bits per heavy atom. The summed E-state index contributed by atoms with van der Waals surface area (Å²) in [6.45, 7) is 2.00. The number of para-hydroxylation sites is 1. The number of piperidine rings is 1. The summed E-state index contributed by atoms with van der Waals surface area (Å²) in [6, 6.07) is 8.05. The van der Waals surface area contributed by atoms with E-state index in [9.17, 15) is 0 Å². The highest BCUT2D eigenvalue weighted by Gasteiger charge is 2.18. The summed E-state index contributed by atoms with van der Waals surface area (Å²) in [5.41, 5.74) is 7.87. The van der Waals surface area contributed by atoms with Gasteiger partial charge in [0.25, 0.3) is 0 Å². The van der Waals surface area contributed by atoms with Gasteiger partial charge in [-0.25, -0.2) is 15.0 Å². The first-order valence-corrected chi connectivity index (χ1v) is 8.61. The Morgan fingerprint density at radius 2 is 1.91 bits per heavy atom. The molecule has 7 heteroatoms. The normalized spacial score (nSPS) is 15.0. The standard InChI is InChI=1S/C16H18N6S/c17-13-14(18-10-19-15(13)22-8-4-1-5-9-22)21-16-20-11-6-2-3-7-12(11)23-16/h2-3,6-7,10H,1,4-5,8-9,17H2,(H,18,19,20,21). The molecular weight excluding hydrogens is 308 g/mol. The van der Waals surface area contributed by atoms with Crippen molar-refractivity contribution in [2.24, 2.45) is 0 Å². The predicted molar refractivity (Wildman–Crippen MR) is 95.4 cm³/mol. The molecule has 3 heterocycles. The van der Waals surface area contributed by atoms with Gasteiger partial charge in [-0.2, -0.15) is 0 Å². The van der Waals surface area contributed by atoms with Gasteiger partial charge in [-0.3, -0.25) is 0 Å². The number of hydrogen-bond acceptors (Lipinski definition) is 7. The molecule has 118 valence electrons. The predicted octanol–water partition coefficient (Wildman–Crippen LogP) is 3.40. The molecule has 0 amide bonds. The summed E-state index contributed by atoms with van der Waals surface area (Å²) in [5, 5.41) is 4.04. The zero-order chi connectivity index (χ0) is 15.6. The van der Waals surface area contributed by atoms with Crippen molar-refractivity contribution in [3.63, 3.8) is 0 Å². The third-order valence-corrected chi connectivity index (χ3v) is 4.99. The van der Waals surface area contributed by atoms with Crippen molar-refractivity contribution in [1.82, 2.24) is 15.0 Å². The average molecular weight is 326 g/mol. The van der Waals surface area contributed by atoms with E-state index in [1.807, 2.05) is 18.2 Å². The van der Waals surface area contributed by atoms with Gasteiger partial charge in [0.05, 0.1) is 10.2 Å². The van der Waals surface area contributed by atoms with E-state index >= 15 is 0 Å². The van der Waals surface area contributed by atoms with Crippen LogP contribution in [-0.2, 0) is 0 Å². The zero-order valence-electron chi connectivity index (χ0n) is 12.7. The summed E-state index contributed by atoms with van der Waals surface area (Å²) in [4.78, 5) is 15.5. The second-order valence-corrected chi connectivity index (χ2v) is 6.65. The van der Waals surface area contributed by atoms with Crippen molar-refractivity contribution in [3.05, 3.63) is 30.6 Å². The second kappa shape index (κ2) is 6.00. The fourth-order valence-electron chi connectivity index (χ4n) is 2.87. The molecule has 4 rings (SSSR count). The fraction of sp³-hybridized carbons (Fsp3) is 0.312. The summed E-state index contributed by atoms with van der Waals surface area (Å²) in [5.74, 6) is 1.45. The van der Waals surface area contributed by atoms with Crippen LogP contribution in [0.15, 0.2) is 30.6 Å². The molecule has 3 N–H and O–H groups in total. The smallest absolute Gasteiger partial charge is 0.189 e. The quantitative estimate of drug-likeness (QED) is 0.768. The largest absolute Gasteiger partial charge is 0.393 e. The number of rotatable bonds is 3. The molecule has 1 aromatic carbocycles. The Labute approximate surface area is 138 Å². The summed E-state index contributed by atoms with van der Waals surface area (Å²) < 4.78 is 1.14. The van der Waals surface area contributed by atoms with Crippen molar-refractivity contribution in [3.8, 4) is 0 Å². The van der Waals surface area contributed by atoms with Gasteiger partial charge in [0.15, 0.2) is 16.8 Å². The van der Waals surface area contributed by atoms with E-state index in [2.05, 4.69) is 31.2 Å². The third kappa shape index (κ3) is 2.79. The Morgan fingerprint density at radius 3 is 2.74 bits per heavy atom. The molecule has 1 aliphatic heterocycles. The van der Waals surface area contributed by atoms with Crippen LogP contribution in [0.5, 0.6) is 0 Å². The van der Waals surface area contributed by atoms with Gasteiger partial charge in [0.1, 0.15) is 12.0 Å². The van der Waals surface area contributed by atoms with Crippen LogP contribution in [0.3, 0.4) is 0 Å². The van der Waals surface area contributed by atoms with E-state index < -0.39 is 0 Å². The number of aromatic nitrogens is 3. The molecule has 0 saturated carbocycles. The SMILES string of the molecule is Nc1c(Nc2nc3ccccc3s2)ncnc1N1CCCCC1. The van der Waals surface area contributed by atoms with E-state index in [1.54, 1.807) is 17.7 Å². The van der Waals surface area contributed by atoms with Gasteiger partial charge in [0, 0.05) is 13.1 Å². The molecular formula is C16H18N6S. The molecule has 0 spiro atoms. The maximum absolute atomic E-state index is 6.30. The fourth-order valence-corrected chi connectivity index (χ4v) is 3.74. The molecule has 0 aliphatic carbocycles. The molecule has 1 aliphatic rings. The van der Waals surface area contributed by atoms with Crippen LogP contribution in [0.1, 0.15) is 19.3 Å². The molecule has 6 nitrogen and oxygen atoms in total. The monoisotopic (exact) mass is 326 g/mol. The number of anilines is 4. The molecule has 0 radical (unpaired) electrons. The number of benzene rings is 1. The summed E-state index contributed by atoms with van der Waals surface area (Å²) >= 11 is 1.59. The molecule has 3 aromatic rings. The maximum atomic E-state index is 6.30. The van der Waals surface area contributed by atoms with Crippen molar-refractivity contribution >= 4 is 44.0 Å². The first-order chi connectivity index (χ1) is 11.3. The first-order valence-electron chi connectivity index (χ1n) is 7.79. The zero-order valence-corrected chi connectivity index (χ0v) is 13.5. The van der Waals surface area contributed by atoms with Gasteiger partial charge >= 0.3 is 0 Å². The van der Waals surface area contributed by atoms with Crippen molar-refractivity contribution in [1.29, 1.82) is 0 Å². The van der Waals surface area contributed by atoms with Crippen molar-refractivity contribution < 1.29 is 0 Å². The lowest BCUT2D eigenvalue weighted by molar-refractivity contribution is 0.574. The number of hydrogen-bond donors (Lipinski definition) is 2. The Kier molecular flexibility index (Phi) is 3.70. The lowest BCUT2D eigenvalue weighted by atomic mass is 10.1. The highest BCUT2D eigenvalue weighted by molar-refractivity contribution is 7.22. The van der Waals surface area contributed by atoms with Crippen molar-refractivity contribution in [2.45, 2.75) is 19.3 Å². The van der Waals surface area contributed by atoms with E-state index in [1.165, 1.54) is 19.3 Å². The lowest BCUT2D eigenvalue weighted by Crippen LogP contribution is -2.31. The Balaban J connectivity index is 1.63. The van der Waals surface area contributed by atoms with Gasteiger partial charge in [-0.15, -0.1) is 0 Å². The van der Waals surface area contributed by atoms with Gasteiger partial charge < -0.3 is 16.0 Å². The van der Waals surface area contributed by atoms with Crippen LogP contribution in [0.25, 0.3) is 10.2 Å². The molecule has 0 bridgehead atoms. The minimum absolute atomic E-state index is 0.591. The number of nitrogens with one attached hydrogen (secondary N) is 1. The maximum Gasteiger partial charge on any atom is 0.189 e. The first kappa shape index (κ1) is 14.2. The van der Waals surface area contributed by atoms with E-state index in [4.69, 9.17) is 5.73 Å². The van der Waals surface area contributed by atoms with E-state index in [0.29, 0.717) is 11.5 Å². The summed E-state index contributed by atoms with van der Waals surface area (Å²) in [6.07, 6.45) is 5.21. The van der Waals surface area contributed by atoms with Gasteiger partial charge in [-0.1, -0.05) is 23.5 Å². The van der Waals surface area contributed by atoms with E-state index in [0.717, 1.165) is 34.3 Å². The molecule has 1 saturated heterocycles. The van der Waals surface area contributed by atoms with Gasteiger partial charge in [0.2, 0.25) is 0 Å². The van der Waals surface area contributed by atoms with Crippen LogP contribution in [-0.4, -0.2) is 28.0 Å². The highest BCUT2D eigenvalue weighted by atomic mass is 32.1. The number of nitrogens with two attached hydrogens (primary N) is 1. The molecule has 2 aromatic heterocycles. The van der Waals surface area contributed by atoms with Crippen LogP contribution >= 0.6 is 11.3 Å². The highest BCUT2D eigenvalue weighted by Crippen LogP contribution is 2.32. The lowest BCUT2D eigenvalue weighted by Gasteiger charge is -2.28. The second-order valence-electron chi connectivity index (χ2n) is 5.62. The number of fused-ring (bicyclic) bond motifs is 1.